The van der Waals surface area contributed by atoms with Gasteiger partial charge in [-0.05, 0) is 11.1 Å². The molecular weight excluding hydrogens is 344 g/mol. The van der Waals surface area contributed by atoms with Crippen molar-refractivity contribution in [1.82, 2.24) is 0 Å². The van der Waals surface area contributed by atoms with E-state index in [4.69, 9.17) is 23.7 Å². The average Bonchev–Trinajstić information content (AvgIpc) is 2.72. The van der Waals surface area contributed by atoms with E-state index in [0.717, 1.165) is 11.1 Å². The van der Waals surface area contributed by atoms with Crippen molar-refractivity contribution in [1.29, 1.82) is 0 Å². The Kier molecular flexibility index (Phi) is 7.80. The van der Waals surface area contributed by atoms with Gasteiger partial charge in [-0.3, -0.25) is 0 Å². The summed E-state index contributed by atoms with van der Waals surface area (Å²) in [4.78, 5) is 0. The molecule has 3 rings (SSSR count). The van der Waals surface area contributed by atoms with Gasteiger partial charge in [-0.2, -0.15) is 0 Å². The zero-order valence-electron chi connectivity index (χ0n) is 16.0. The maximum atomic E-state index is 6.24. The smallest absolute Gasteiger partial charge is 0.186 e. The second-order valence-corrected chi connectivity index (χ2v) is 6.65. The van der Waals surface area contributed by atoms with Gasteiger partial charge in [0, 0.05) is 20.6 Å². The van der Waals surface area contributed by atoms with Gasteiger partial charge < -0.3 is 23.7 Å². The van der Waals surface area contributed by atoms with Gasteiger partial charge in [0.15, 0.2) is 6.29 Å². The van der Waals surface area contributed by atoms with Gasteiger partial charge in [0.05, 0.1) is 32.0 Å². The first-order chi connectivity index (χ1) is 13.3. The van der Waals surface area contributed by atoms with E-state index in [9.17, 15) is 0 Å². The first-order valence-electron chi connectivity index (χ1n) is 9.28. The molecule has 0 bridgehead atoms. The van der Waals surface area contributed by atoms with Crippen LogP contribution in [0.1, 0.15) is 17.5 Å². The zero-order valence-corrected chi connectivity index (χ0v) is 16.0. The van der Waals surface area contributed by atoms with E-state index in [2.05, 4.69) is 12.1 Å². The van der Waals surface area contributed by atoms with Gasteiger partial charge in [0.25, 0.3) is 0 Å². The monoisotopic (exact) mass is 372 g/mol. The molecule has 0 unspecified atom stereocenters. The number of methoxy groups -OCH3 is 2. The second-order valence-electron chi connectivity index (χ2n) is 6.65. The second kappa shape index (κ2) is 10.5. The van der Waals surface area contributed by atoms with Crippen LogP contribution in [0.3, 0.4) is 0 Å². The van der Waals surface area contributed by atoms with Gasteiger partial charge in [0.1, 0.15) is 6.10 Å². The van der Waals surface area contributed by atoms with Crippen molar-refractivity contribution in [3.8, 4) is 0 Å². The Morgan fingerprint density at radius 1 is 0.852 bits per heavy atom. The molecule has 1 aliphatic rings. The lowest BCUT2D eigenvalue weighted by atomic mass is 10.0. The fourth-order valence-corrected chi connectivity index (χ4v) is 3.27. The largest absolute Gasteiger partial charge is 0.382 e. The summed E-state index contributed by atoms with van der Waals surface area (Å²) in [5.41, 5.74) is 2.23. The van der Waals surface area contributed by atoms with Crippen LogP contribution >= 0.6 is 0 Å². The van der Waals surface area contributed by atoms with Crippen LogP contribution in [0, 0.1) is 0 Å². The Morgan fingerprint density at radius 2 is 1.44 bits per heavy atom. The van der Waals surface area contributed by atoms with Crippen molar-refractivity contribution < 1.29 is 23.7 Å². The summed E-state index contributed by atoms with van der Waals surface area (Å²) in [6, 6.07) is 20.2. The maximum Gasteiger partial charge on any atom is 0.186 e. The van der Waals surface area contributed by atoms with E-state index >= 15 is 0 Å². The van der Waals surface area contributed by atoms with Gasteiger partial charge in [-0.1, -0.05) is 60.7 Å². The van der Waals surface area contributed by atoms with Crippen LogP contribution in [-0.4, -0.2) is 45.4 Å². The minimum absolute atomic E-state index is 0.0858. The molecule has 0 radical (unpaired) electrons. The summed E-state index contributed by atoms with van der Waals surface area (Å²) in [6.07, 6.45) is -0.347. The van der Waals surface area contributed by atoms with Crippen molar-refractivity contribution in [3.63, 3.8) is 0 Å². The molecule has 0 saturated carbocycles. The maximum absolute atomic E-state index is 6.24. The Bertz CT molecular complexity index is 648. The Balaban J connectivity index is 1.68. The average molecular weight is 372 g/mol. The fraction of sp³-hybridized carbons (Fsp3) is 0.455. The molecule has 1 aliphatic heterocycles. The highest BCUT2D eigenvalue weighted by molar-refractivity contribution is 5.14. The summed E-state index contributed by atoms with van der Waals surface area (Å²) in [5.74, 6) is 0. The molecule has 1 saturated heterocycles. The lowest BCUT2D eigenvalue weighted by molar-refractivity contribution is -0.284. The first kappa shape index (κ1) is 20.0. The van der Waals surface area contributed by atoms with Crippen LogP contribution in [0.4, 0.5) is 0 Å². The molecule has 1 heterocycles. The molecule has 146 valence electrons. The number of hydrogen-bond acceptors (Lipinski definition) is 5. The van der Waals surface area contributed by atoms with Gasteiger partial charge in [0.2, 0.25) is 0 Å². The molecule has 5 nitrogen and oxygen atoms in total. The molecule has 27 heavy (non-hydrogen) atoms. The summed E-state index contributed by atoms with van der Waals surface area (Å²) < 4.78 is 29.3. The van der Waals surface area contributed by atoms with E-state index in [0.29, 0.717) is 26.2 Å². The first-order valence-corrected chi connectivity index (χ1v) is 9.28. The number of benzene rings is 2. The standard InChI is InChI=1S/C22H28O5/c1-23-16-19-13-20(25-14-17-9-5-3-6-10-17)21(22(24-2)27-19)26-15-18-11-7-4-8-12-18/h3-12,19-22H,13-16H2,1-2H3/t19-,20-,21+,22-/m0/s1. The van der Waals surface area contributed by atoms with E-state index in [1.807, 2.05) is 48.5 Å². The van der Waals surface area contributed by atoms with Crippen molar-refractivity contribution in [2.75, 3.05) is 20.8 Å². The Labute approximate surface area is 161 Å². The van der Waals surface area contributed by atoms with E-state index < -0.39 is 6.29 Å². The minimum atomic E-state index is -0.497. The summed E-state index contributed by atoms with van der Waals surface area (Å²) in [7, 11) is 3.30. The number of hydrogen-bond donors (Lipinski definition) is 0. The third-order valence-electron chi connectivity index (χ3n) is 4.63. The van der Waals surface area contributed by atoms with E-state index in [-0.39, 0.29) is 18.3 Å². The van der Waals surface area contributed by atoms with Crippen LogP contribution in [0.2, 0.25) is 0 Å². The van der Waals surface area contributed by atoms with Crippen LogP contribution in [0.25, 0.3) is 0 Å². The van der Waals surface area contributed by atoms with Crippen molar-refractivity contribution in [2.45, 2.75) is 44.2 Å². The van der Waals surface area contributed by atoms with Crippen LogP contribution in [-0.2, 0) is 36.9 Å². The van der Waals surface area contributed by atoms with Gasteiger partial charge in [-0.25, -0.2) is 0 Å². The van der Waals surface area contributed by atoms with Crippen LogP contribution in [0.5, 0.6) is 0 Å². The van der Waals surface area contributed by atoms with Gasteiger partial charge in [-0.15, -0.1) is 0 Å². The molecule has 2 aromatic rings. The molecule has 1 fully saturated rings. The van der Waals surface area contributed by atoms with Crippen molar-refractivity contribution in [2.24, 2.45) is 0 Å². The third-order valence-corrected chi connectivity index (χ3v) is 4.63. The molecule has 2 aromatic carbocycles. The molecule has 0 aromatic heterocycles. The highest BCUT2D eigenvalue weighted by Gasteiger charge is 2.40. The van der Waals surface area contributed by atoms with Crippen molar-refractivity contribution >= 4 is 0 Å². The highest BCUT2D eigenvalue weighted by atomic mass is 16.7. The molecule has 0 N–H and O–H groups in total. The Hall–Kier alpha value is -1.76. The number of ether oxygens (including phenoxy) is 5. The molecular formula is C22H28O5. The summed E-state index contributed by atoms with van der Waals surface area (Å²) >= 11 is 0. The molecule has 5 heteroatoms. The summed E-state index contributed by atoms with van der Waals surface area (Å²) in [6.45, 7) is 1.50. The Morgan fingerprint density at radius 3 is 2.00 bits per heavy atom. The predicted octanol–water partition coefficient (Wildman–Crippen LogP) is 3.57. The molecule has 4 atom stereocenters. The lowest BCUT2D eigenvalue weighted by Crippen LogP contribution is -2.52. The fourth-order valence-electron chi connectivity index (χ4n) is 3.27. The minimum Gasteiger partial charge on any atom is -0.382 e. The van der Waals surface area contributed by atoms with Crippen molar-refractivity contribution in [3.05, 3.63) is 71.8 Å². The molecule has 0 amide bonds. The zero-order chi connectivity index (χ0) is 18.9. The lowest BCUT2D eigenvalue weighted by Gasteiger charge is -2.40. The molecule has 0 spiro atoms. The normalized spacial score (nSPS) is 25.4. The van der Waals surface area contributed by atoms with E-state index in [1.165, 1.54) is 0 Å². The van der Waals surface area contributed by atoms with Crippen LogP contribution < -0.4 is 0 Å². The topological polar surface area (TPSA) is 46.2 Å². The SMILES string of the molecule is COC[C@@H]1C[C@H](OCc2ccccc2)[C@@H](OCc2ccccc2)[C@@H](OC)O1. The molecule has 0 aliphatic carbocycles. The highest BCUT2D eigenvalue weighted by Crippen LogP contribution is 2.27. The van der Waals surface area contributed by atoms with E-state index in [1.54, 1.807) is 14.2 Å². The summed E-state index contributed by atoms with van der Waals surface area (Å²) in [5, 5.41) is 0. The van der Waals surface area contributed by atoms with Gasteiger partial charge >= 0.3 is 0 Å². The quantitative estimate of drug-likeness (QED) is 0.673. The number of rotatable bonds is 9. The van der Waals surface area contributed by atoms with Crippen LogP contribution in [0.15, 0.2) is 60.7 Å². The third kappa shape index (κ3) is 5.86. The predicted molar refractivity (Wildman–Crippen MR) is 102 cm³/mol.